The lowest BCUT2D eigenvalue weighted by Crippen LogP contribution is -2.35. The van der Waals surface area contributed by atoms with Crippen molar-refractivity contribution in [2.24, 2.45) is 21.0 Å². The van der Waals surface area contributed by atoms with E-state index >= 15 is 0 Å². The van der Waals surface area contributed by atoms with E-state index in [0.717, 1.165) is 12.2 Å². The Bertz CT molecular complexity index is 642. The van der Waals surface area contributed by atoms with E-state index in [0.29, 0.717) is 17.5 Å². The Balaban J connectivity index is 1.62. The Morgan fingerprint density at radius 2 is 2.05 bits per heavy atom. The summed E-state index contributed by atoms with van der Waals surface area (Å²) in [4.78, 5) is 20.5. The van der Waals surface area contributed by atoms with Crippen LogP contribution < -0.4 is 0 Å². The summed E-state index contributed by atoms with van der Waals surface area (Å²) in [6.07, 6.45) is 2.43. The molecule has 114 valence electrons. The summed E-state index contributed by atoms with van der Waals surface area (Å²) >= 11 is 1.46. The second-order valence-electron chi connectivity index (χ2n) is 4.88. The maximum Gasteiger partial charge on any atom is 0.264 e. The normalized spacial score (nSPS) is 20.0. The van der Waals surface area contributed by atoms with Gasteiger partial charge in [-0.3, -0.25) is 4.79 Å². The molecule has 1 aromatic carbocycles. The van der Waals surface area contributed by atoms with Gasteiger partial charge in [-0.05, 0) is 12.0 Å². The van der Waals surface area contributed by atoms with Gasteiger partial charge in [0.15, 0.2) is 5.17 Å². The summed E-state index contributed by atoms with van der Waals surface area (Å²) in [5.41, 5.74) is 1.24. The van der Waals surface area contributed by atoms with E-state index in [1.165, 1.54) is 23.5 Å². The molecular formula is C15H16N4O2S. The summed E-state index contributed by atoms with van der Waals surface area (Å²) in [6, 6.07) is 10.2. The number of fused-ring (bicyclic) bond motifs is 1. The van der Waals surface area contributed by atoms with Crippen molar-refractivity contribution in [1.82, 2.24) is 5.01 Å². The first-order valence-corrected chi connectivity index (χ1v) is 8.07. The van der Waals surface area contributed by atoms with Crippen molar-refractivity contribution < 1.29 is 9.90 Å². The fourth-order valence-electron chi connectivity index (χ4n) is 2.26. The maximum absolute atomic E-state index is 12.0. The van der Waals surface area contributed by atoms with Gasteiger partial charge in [-0.2, -0.15) is 10.1 Å². The van der Waals surface area contributed by atoms with Crippen LogP contribution in [0.5, 0.6) is 0 Å². The Labute approximate surface area is 132 Å². The molecular weight excluding hydrogens is 300 g/mol. The minimum absolute atomic E-state index is 0.0368. The number of amidine groups is 2. The van der Waals surface area contributed by atoms with Crippen molar-refractivity contribution in [3.05, 3.63) is 35.9 Å². The minimum atomic E-state index is -0.495. The molecule has 2 aliphatic heterocycles. The summed E-state index contributed by atoms with van der Waals surface area (Å²) in [5, 5.41) is 15.2. The van der Waals surface area contributed by atoms with Crippen molar-refractivity contribution in [3.63, 3.8) is 0 Å². The van der Waals surface area contributed by atoms with Gasteiger partial charge in [-0.15, -0.1) is 0 Å². The highest BCUT2D eigenvalue weighted by molar-refractivity contribution is 8.13. The molecule has 0 aliphatic carbocycles. The van der Waals surface area contributed by atoms with Gasteiger partial charge in [0.1, 0.15) is 11.8 Å². The number of aliphatic hydroxyl groups excluding tert-OH is 1. The molecule has 2 heterocycles. The van der Waals surface area contributed by atoms with Crippen molar-refractivity contribution in [2.75, 3.05) is 18.9 Å². The van der Waals surface area contributed by atoms with Crippen molar-refractivity contribution in [2.45, 2.75) is 6.42 Å². The fourth-order valence-corrected chi connectivity index (χ4v) is 3.09. The molecule has 1 amide bonds. The molecule has 1 unspecified atom stereocenters. The van der Waals surface area contributed by atoms with Crippen LogP contribution in [0.25, 0.3) is 0 Å². The van der Waals surface area contributed by atoms with Crippen LogP contribution in [0.15, 0.2) is 45.4 Å². The topological polar surface area (TPSA) is 77.6 Å². The molecule has 0 saturated carbocycles. The van der Waals surface area contributed by atoms with Gasteiger partial charge in [0.2, 0.25) is 0 Å². The van der Waals surface area contributed by atoms with E-state index in [4.69, 9.17) is 5.11 Å². The molecule has 0 saturated heterocycles. The predicted molar refractivity (Wildman–Crippen MR) is 88.3 cm³/mol. The molecule has 22 heavy (non-hydrogen) atoms. The smallest absolute Gasteiger partial charge is 0.264 e. The van der Waals surface area contributed by atoms with Crippen LogP contribution in [0.1, 0.15) is 5.56 Å². The standard InChI is InChI=1S/C15H16N4O2S/c20-8-7-19-13-12(10-16-19)14(21)18-15(17-13)22-9-6-11-4-2-1-3-5-11/h1-5,10,12,20H,6-9H2. The molecule has 1 atom stereocenters. The summed E-state index contributed by atoms with van der Waals surface area (Å²) < 4.78 is 0. The van der Waals surface area contributed by atoms with Crippen LogP contribution in [0.3, 0.4) is 0 Å². The lowest BCUT2D eigenvalue weighted by molar-refractivity contribution is -0.118. The van der Waals surface area contributed by atoms with Gasteiger partial charge in [0.25, 0.3) is 5.91 Å². The van der Waals surface area contributed by atoms with E-state index in [2.05, 4.69) is 27.2 Å². The van der Waals surface area contributed by atoms with Gasteiger partial charge >= 0.3 is 0 Å². The molecule has 0 aromatic heterocycles. The van der Waals surface area contributed by atoms with Gasteiger partial charge in [0, 0.05) is 12.0 Å². The van der Waals surface area contributed by atoms with Gasteiger partial charge in [-0.25, -0.2) is 10.0 Å². The number of benzene rings is 1. The van der Waals surface area contributed by atoms with E-state index < -0.39 is 5.92 Å². The summed E-state index contributed by atoms with van der Waals surface area (Å²) in [7, 11) is 0. The molecule has 0 spiro atoms. The number of hydrogen-bond acceptors (Lipinski definition) is 6. The zero-order chi connectivity index (χ0) is 15.4. The number of carbonyl (C=O) groups is 1. The van der Waals surface area contributed by atoms with Gasteiger partial charge in [-0.1, -0.05) is 42.1 Å². The SMILES string of the molecule is O=C1N=C(SCCc2ccccc2)N=C2C1C=NN2CCO. The van der Waals surface area contributed by atoms with Gasteiger partial charge in [0.05, 0.1) is 13.2 Å². The average Bonchev–Trinajstić information content (AvgIpc) is 2.93. The number of rotatable bonds is 5. The summed E-state index contributed by atoms with van der Waals surface area (Å²) in [6.45, 7) is 0.298. The highest BCUT2D eigenvalue weighted by Gasteiger charge is 2.35. The number of carbonyl (C=O) groups excluding carboxylic acids is 1. The predicted octanol–water partition coefficient (Wildman–Crippen LogP) is 1.17. The van der Waals surface area contributed by atoms with E-state index in [-0.39, 0.29) is 12.5 Å². The third kappa shape index (κ3) is 3.26. The Morgan fingerprint density at radius 3 is 2.82 bits per heavy atom. The number of nitrogens with zero attached hydrogens (tertiary/aromatic N) is 4. The Hall–Kier alpha value is -1.99. The molecule has 1 N–H and O–H groups in total. The molecule has 6 nitrogen and oxygen atoms in total. The number of aryl methyl sites for hydroxylation is 1. The van der Waals surface area contributed by atoms with Crippen molar-refractivity contribution in [1.29, 1.82) is 0 Å². The Kier molecular flexibility index (Phi) is 4.65. The largest absolute Gasteiger partial charge is 0.394 e. The van der Waals surface area contributed by atoms with Crippen LogP contribution >= 0.6 is 11.8 Å². The van der Waals surface area contributed by atoms with Crippen molar-refractivity contribution >= 4 is 34.9 Å². The number of hydrogen-bond donors (Lipinski definition) is 1. The molecule has 0 fully saturated rings. The van der Waals surface area contributed by atoms with Crippen LogP contribution in [0.2, 0.25) is 0 Å². The van der Waals surface area contributed by atoms with E-state index in [1.807, 2.05) is 18.2 Å². The van der Waals surface area contributed by atoms with E-state index in [1.54, 1.807) is 5.01 Å². The lowest BCUT2D eigenvalue weighted by Gasteiger charge is -2.19. The molecule has 7 heteroatoms. The fraction of sp³-hybridized carbons (Fsp3) is 0.333. The third-order valence-electron chi connectivity index (χ3n) is 3.36. The second-order valence-corrected chi connectivity index (χ2v) is 5.94. The number of amides is 1. The van der Waals surface area contributed by atoms with Crippen molar-refractivity contribution in [3.8, 4) is 0 Å². The van der Waals surface area contributed by atoms with Crippen LogP contribution in [-0.2, 0) is 11.2 Å². The highest BCUT2D eigenvalue weighted by Crippen LogP contribution is 2.21. The van der Waals surface area contributed by atoms with Gasteiger partial charge < -0.3 is 5.11 Å². The third-order valence-corrected chi connectivity index (χ3v) is 4.21. The lowest BCUT2D eigenvalue weighted by atomic mass is 10.1. The zero-order valence-corrected chi connectivity index (χ0v) is 12.7. The molecule has 2 aliphatic rings. The second kappa shape index (κ2) is 6.85. The Morgan fingerprint density at radius 1 is 1.23 bits per heavy atom. The number of thioether (sulfide) groups is 1. The minimum Gasteiger partial charge on any atom is -0.394 e. The number of hydrazone groups is 1. The maximum atomic E-state index is 12.0. The number of aliphatic imine (C=N–C) groups is 2. The first kappa shape index (κ1) is 14.9. The molecule has 3 rings (SSSR count). The first-order valence-electron chi connectivity index (χ1n) is 7.08. The number of aliphatic hydroxyl groups is 1. The van der Waals surface area contributed by atoms with Crippen LogP contribution in [0, 0.1) is 5.92 Å². The zero-order valence-electron chi connectivity index (χ0n) is 11.9. The van der Waals surface area contributed by atoms with E-state index in [9.17, 15) is 4.79 Å². The first-order chi connectivity index (χ1) is 10.8. The highest BCUT2D eigenvalue weighted by atomic mass is 32.2. The quantitative estimate of drug-likeness (QED) is 0.884. The summed E-state index contributed by atoms with van der Waals surface area (Å²) in [5.74, 6) is 0.635. The van der Waals surface area contributed by atoms with Crippen LogP contribution in [0.4, 0.5) is 0 Å². The molecule has 0 bridgehead atoms. The monoisotopic (exact) mass is 316 g/mol. The molecule has 0 radical (unpaired) electrons. The number of β-amino-alcohol motifs (C(OH)–C–C–N with tert-alkyl or cyclic N) is 1. The molecule has 1 aromatic rings. The van der Waals surface area contributed by atoms with Crippen LogP contribution in [-0.4, -0.2) is 52.1 Å². The average molecular weight is 316 g/mol.